The van der Waals surface area contributed by atoms with E-state index in [9.17, 15) is 4.79 Å². The molecular weight excluding hydrogens is 180 g/mol. The maximum absolute atomic E-state index is 11.7. The van der Waals surface area contributed by atoms with Gasteiger partial charge in [0.1, 0.15) is 0 Å². The Kier molecular flexibility index (Phi) is 2.25. The van der Waals surface area contributed by atoms with Crippen LogP contribution in [-0.2, 0) is 11.8 Å². The molecular formula is C9H14N4O. The van der Waals surface area contributed by atoms with E-state index in [-0.39, 0.29) is 11.9 Å². The fourth-order valence-electron chi connectivity index (χ4n) is 1.68. The lowest BCUT2D eigenvalue weighted by Crippen LogP contribution is -2.48. The van der Waals surface area contributed by atoms with Crippen LogP contribution in [-0.4, -0.2) is 28.3 Å². The quantitative estimate of drug-likeness (QED) is 0.677. The number of carbonyl (C=O) groups is 1. The lowest BCUT2D eigenvalue weighted by molar-refractivity contribution is -0.120. The molecule has 5 nitrogen and oxygen atoms in total. The minimum atomic E-state index is -0.356. The highest BCUT2D eigenvalue weighted by molar-refractivity contribution is 5.96. The maximum Gasteiger partial charge on any atom is 0.245 e. The molecule has 1 amide bonds. The molecule has 2 rings (SSSR count). The third-order valence-electron chi connectivity index (χ3n) is 2.46. The van der Waals surface area contributed by atoms with E-state index in [0.717, 1.165) is 19.4 Å². The summed E-state index contributed by atoms with van der Waals surface area (Å²) in [6.07, 6.45) is 3.55. The predicted molar refractivity (Wildman–Crippen MR) is 52.8 cm³/mol. The third kappa shape index (κ3) is 1.50. The van der Waals surface area contributed by atoms with Crippen LogP contribution in [0, 0.1) is 0 Å². The zero-order valence-electron chi connectivity index (χ0n) is 8.18. The van der Waals surface area contributed by atoms with Crippen LogP contribution >= 0.6 is 0 Å². The number of aryl methyl sites for hydroxylation is 1. The van der Waals surface area contributed by atoms with Crippen molar-refractivity contribution in [1.82, 2.24) is 9.78 Å². The molecule has 0 bridgehead atoms. The summed E-state index contributed by atoms with van der Waals surface area (Å²) in [7, 11) is 1.83. The first-order valence-electron chi connectivity index (χ1n) is 4.75. The lowest BCUT2D eigenvalue weighted by atomic mass is 10.1. The monoisotopic (exact) mass is 194 g/mol. The Bertz CT molecular complexity index is 346. The van der Waals surface area contributed by atoms with E-state index in [1.54, 1.807) is 9.58 Å². The molecule has 1 aromatic heterocycles. The van der Waals surface area contributed by atoms with Crippen LogP contribution in [0.5, 0.6) is 0 Å². The topological polar surface area (TPSA) is 64.2 Å². The first kappa shape index (κ1) is 9.21. The minimum absolute atomic E-state index is 0.0186. The molecule has 1 saturated heterocycles. The van der Waals surface area contributed by atoms with Gasteiger partial charge in [-0.3, -0.25) is 14.4 Å². The summed E-state index contributed by atoms with van der Waals surface area (Å²) in [6, 6.07) is 1.47. The van der Waals surface area contributed by atoms with Gasteiger partial charge in [-0.15, -0.1) is 0 Å². The van der Waals surface area contributed by atoms with Crippen LogP contribution < -0.4 is 10.6 Å². The zero-order valence-corrected chi connectivity index (χ0v) is 8.18. The van der Waals surface area contributed by atoms with Crippen LogP contribution in [0.3, 0.4) is 0 Å². The molecule has 1 aliphatic heterocycles. The van der Waals surface area contributed by atoms with Gasteiger partial charge in [-0.25, -0.2) is 0 Å². The molecule has 1 atom stereocenters. The summed E-state index contributed by atoms with van der Waals surface area (Å²) in [5, 5.41) is 4.19. The molecule has 0 aromatic carbocycles. The second-order valence-corrected chi connectivity index (χ2v) is 3.59. The van der Waals surface area contributed by atoms with E-state index in [1.165, 1.54) is 0 Å². The highest BCUT2D eigenvalue weighted by Gasteiger charge is 2.27. The van der Waals surface area contributed by atoms with E-state index in [2.05, 4.69) is 5.10 Å². The molecule has 0 radical (unpaired) electrons. The van der Waals surface area contributed by atoms with E-state index in [1.807, 2.05) is 19.3 Å². The van der Waals surface area contributed by atoms with Crippen molar-refractivity contribution in [3.05, 3.63) is 12.3 Å². The van der Waals surface area contributed by atoms with Gasteiger partial charge in [0.05, 0.1) is 6.04 Å². The molecule has 14 heavy (non-hydrogen) atoms. The van der Waals surface area contributed by atoms with E-state index in [0.29, 0.717) is 5.82 Å². The van der Waals surface area contributed by atoms with Gasteiger partial charge in [0.2, 0.25) is 5.91 Å². The molecule has 0 aliphatic carbocycles. The van der Waals surface area contributed by atoms with Gasteiger partial charge < -0.3 is 5.73 Å². The largest absolute Gasteiger partial charge is 0.320 e. The van der Waals surface area contributed by atoms with Crippen LogP contribution in [0.1, 0.15) is 12.8 Å². The molecule has 76 valence electrons. The molecule has 0 saturated carbocycles. The SMILES string of the molecule is Cn1ccc(N2CCCC(N)C2=O)n1. The zero-order chi connectivity index (χ0) is 10.1. The van der Waals surface area contributed by atoms with Crippen LogP contribution in [0.4, 0.5) is 5.82 Å². The molecule has 2 heterocycles. The van der Waals surface area contributed by atoms with E-state index < -0.39 is 0 Å². The number of piperidine rings is 1. The highest BCUT2D eigenvalue weighted by atomic mass is 16.2. The van der Waals surface area contributed by atoms with Crippen LogP contribution in [0.15, 0.2) is 12.3 Å². The Morgan fingerprint density at radius 3 is 3.07 bits per heavy atom. The Balaban J connectivity index is 2.21. The Hall–Kier alpha value is -1.36. The first-order chi connectivity index (χ1) is 6.68. The van der Waals surface area contributed by atoms with E-state index in [4.69, 9.17) is 5.73 Å². The van der Waals surface area contributed by atoms with Crippen molar-refractivity contribution in [2.45, 2.75) is 18.9 Å². The summed E-state index contributed by atoms with van der Waals surface area (Å²) in [6.45, 7) is 0.726. The summed E-state index contributed by atoms with van der Waals surface area (Å²) >= 11 is 0. The van der Waals surface area contributed by atoms with Crippen LogP contribution in [0.2, 0.25) is 0 Å². The second kappa shape index (κ2) is 3.42. The van der Waals surface area contributed by atoms with Gasteiger partial charge >= 0.3 is 0 Å². The van der Waals surface area contributed by atoms with Gasteiger partial charge in [0.15, 0.2) is 5.82 Å². The normalized spacial score (nSPS) is 22.9. The van der Waals surface area contributed by atoms with Crippen molar-refractivity contribution in [3.8, 4) is 0 Å². The average Bonchev–Trinajstić information content (AvgIpc) is 2.57. The smallest absolute Gasteiger partial charge is 0.245 e. The van der Waals surface area contributed by atoms with Crippen molar-refractivity contribution < 1.29 is 4.79 Å². The molecule has 1 fully saturated rings. The lowest BCUT2D eigenvalue weighted by Gasteiger charge is -2.28. The van der Waals surface area contributed by atoms with Crippen molar-refractivity contribution in [1.29, 1.82) is 0 Å². The number of hydrogen-bond donors (Lipinski definition) is 1. The number of hydrogen-bond acceptors (Lipinski definition) is 3. The van der Waals surface area contributed by atoms with Crippen molar-refractivity contribution in [2.24, 2.45) is 12.8 Å². The Labute approximate surface area is 82.5 Å². The van der Waals surface area contributed by atoms with Crippen molar-refractivity contribution >= 4 is 11.7 Å². The number of nitrogens with zero attached hydrogens (tertiary/aromatic N) is 3. The summed E-state index contributed by atoms with van der Waals surface area (Å²) < 4.78 is 1.68. The molecule has 2 N–H and O–H groups in total. The average molecular weight is 194 g/mol. The minimum Gasteiger partial charge on any atom is -0.320 e. The summed E-state index contributed by atoms with van der Waals surface area (Å²) in [5.74, 6) is 0.683. The fraction of sp³-hybridized carbons (Fsp3) is 0.556. The highest BCUT2D eigenvalue weighted by Crippen LogP contribution is 2.17. The third-order valence-corrected chi connectivity index (χ3v) is 2.46. The van der Waals surface area contributed by atoms with Gasteiger partial charge in [0, 0.05) is 25.9 Å². The summed E-state index contributed by atoms with van der Waals surface area (Å²) in [4.78, 5) is 13.3. The Morgan fingerprint density at radius 1 is 1.64 bits per heavy atom. The van der Waals surface area contributed by atoms with Crippen molar-refractivity contribution in [3.63, 3.8) is 0 Å². The van der Waals surface area contributed by atoms with Gasteiger partial charge in [0.25, 0.3) is 0 Å². The second-order valence-electron chi connectivity index (χ2n) is 3.59. The molecule has 1 unspecified atom stereocenters. The number of nitrogens with two attached hydrogens (primary N) is 1. The molecule has 5 heteroatoms. The van der Waals surface area contributed by atoms with Gasteiger partial charge in [-0.2, -0.15) is 5.10 Å². The van der Waals surface area contributed by atoms with E-state index >= 15 is 0 Å². The number of rotatable bonds is 1. The van der Waals surface area contributed by atoms with Gasteiger partial charge in [-0.05, 0) is 12.8 Å². The van der Waals surface area contributed by atoms with Crippen LogP contribution in [0.25, 0.3) is 0 Å². The fourth-order valence-corrected chi connectivity index (χ4v) is 1.68. The molecule has 1 aromatic rings. The maximum atomic E-state index is 11.7. The number of amides is 1. The molecule has 0 spiro atoms. The van der Waals surface area contributed by atoms with Crippen molar-refractivity contribution in [2.75, 3.05) is 11.4 Å². The van der Waals surface area contributed by atoms with Gasteiger partial charge in [-0.1, -0.05) is 0 Å². The molecule has 1 aliphatic rings. The standard InChI is InChI=1S/C9H14N4O/c1-12-6-4-8(11-12)13-5-2-3-7(10)9(13)14/h4,6-7H,2-3,5,10H2,1H3. The summed E-state index contributed by atoms with van der Waals surface area (Å²) in [5.41, 5.74) is 5.69. The Morgan fingerprint density at radius 2 is 2.43 bits per heavy atom. The number of aromatic nitrogens is 2. The number of carbonyl (C=O) groups excluding carboxylic acids is 1. The predicted octanol–water partition coefficient (Wildman–Crippen LogP) is -0.126. The first-order valence-corrected chi connectivity index (χ1v) is 4.75. The number of anilines is 1.